The number of nitrogens with one attached hydrogen (secondary N) is 1. The summed E-state index contributed by atoms with van der Waals surface area (Å²) in [5, 5.41) is 5.30. The molecule has 1 amide bonds. The molecule has 0 radical (unpaired) electrons. The van der Waals surface area contributed by atoms with Crippen molar-refractivity contribution in [2.45, 2.75) is 56.5 Å². The number of carbonyl (C=O) groups is 1. The van der Waals surface area contributed by atoms with Crippen LogP contribution in [0.1, 0.15) is 55.0 Å². The van der Waals surface area contributed by atoms with Gasteiger partial charge in [0.1, 0.15) is 0 Å². The second-order valence-electron chi connectivity index (χ2n) is 5.70. The lowest BCUT2D eigenvalue weighted by molar-refractivity contribution is -0.123. The summed E-state index contributed by atoms with van der Waals surface area (Å²) in [6.45, 7) is 0. The Balaban J connectivity index is 1.62. The van der Waals surface area contributed by atoms with Crippen LogP contribution < -0.4 is 11.1 Å². The molecule has 4 heteroatoms. The van der Waals surface area contributed by atoms with Crippen LogP contribution in [0, 0.1) is 0 Å². The summed E-state index contributed by atoms with van der Waals surface area (Å²) in [7, 11) is 0. The summed E-state index contributed by atoms with van der Waals surface area (Å²) in [5.74, 6) is 0.126. The number of rotatable bonds is 3. The fourth-order valence-electron chi connectivity index (χ4n) is 3.01. The second-order valence-corrected chi connectivity index (χ2v) is 6.70. The second kappa shape index (κ2) is 4.67. The van der Waals surface area contributed by atoms with E-state index in [1.807, 2.05) is 11.3 Å². The molecule has 3 rings (SSSR count). The van der Waals surface area contributed by atoms with Crippen LogP contribution in [0.25, 0.3) is 0 Å². The number of aryl methyl sites for hydroxylation is 1. The van der Waals surface area contributed by atoms with Gasteiger partial charge in [0, 0.05) is 16.8 Å². The normalized spacial score (nSPS) is 25.1. The van der Waals surface area contributed by atoms with E-state index in [-0.39, 0.29) is 17.5 Å². The Labute approximate surface area is 112 Å². The van der Waals surface area contributed by atoms with Gasteiger partial charge in [0.2, 0.25) is 5.91 Å². The van der Waals surface area contributed by atoms with Crippen molar-refractivity contribution in [1.82, 2.24) is 5.32 Å². The molecular weight excluding hydrogens is 244 g/mol. The first-order valence-electron chi connectivity index (χ1n) is 6.81. The van der Waals surface area contributed by atoms with E-state index in [4.69, 9.17) is 5.73 Å². The maximum absolute atomic E-state index is 12.1. The highest BCUT2D eigenvalue weighted by Crippen LogP contribution is 2.35. The molecule has 98 valence electrons. The Morgan fingerprint density at radius 1 is 1.50 bits per heavy atom. The summed E-state index contributed by atoms with van der Waals surface area (Å²) < 4.78 is 0. The van der Waals surface area contributed by atoms with Gasteiger partial charge in [-0.15, -0.1) is 11.3 Å². The third-order valence-corrected chi connectivity index (χ3v) is 5.25. The quantitative estimate of drug-likeness (QED) is 0.881. The van der Waals surface area contributed by atoms with Gasteiger partial charge in [-0.2, -0.15) is 0 Å². The van der Waals surface area contributed by atoms with Crippen LogP contribution in [0.2, 0.25) is 0 Å². The van der Waals surface area contributed by atoms with Crippen molar-refractivity contribution in [3.63, 3.8) is 0 Å². The third kappa shape index (κ3) is 2.31. The molecular formula is C14H20N2OS. The SMILES string of the molecule is NC1(CC(=O)NC2CCCc3sccc32)CCC1. The zero-order valence-corrected chi connectivity index (χ0v) is 11.4. The molecule has 1 atom stereocenters. The Morgan fingerprint density at radius 2 is 2.33 bits per heavy atom. The molecule has 0 bridgehead atoms. The third-order valence-electron chi connectivity index (χ3n) is 4.25. The van der Waals surface area contributed by atoms with Crippen LogP contribution in [0.4, 0.5) is 0 Å². The van der Waals surface area contributed by atoms with E-state index < -0.39 is 0 Å². The Bertz CT molecular complexity index is 450. The molecule has 3 N–H and O–H groups in total. The van der Waals surface area contributed by atoms with Crippen molar-refractivity contribution in [1.29, 1.82) is 0 Å². The van der Waals surface area contributed by atoms with Crippen molar-refractivity contribution in [2.75, 3.05) is 0 Å². The Hall–Kier alpha value is -0.870. The van der Waals surface area contributed by atoms with Crippen molar-refractivity contribution >= 4 is 17.2 Å². The predicted octanol–water partition coefficient (Wildman–Crippen LogP) is 2.51. The van der Waals surface area contributed by atoms with E-state index in [0.717, 1.165) is 19.3 Å². The van der Waals surface area contributed by atoms with Gasteiger partial charge < -0.3 is 11.1 Å². The topological polar surface area (TPSA) is 55.1 Å². The van der Waals surface area contributed by atoms with Crippen molar-refractivity contribution < 1.29 is 4.79 Å². The maximum atomic E-state index is 12.1. The van der Waals surface area contributed by atoms with Crippen molar-refractivity contribution in [3.05, 3.63) is 21.9 Å². The van der Waals surface area contributed by atoms with Crippen LogP contribution in [0.15, 0.2) is 11.4 Å². The fourth-order valence-corrected chi connectivity index (χ4v) is 4.00. The van der Waals surface area contributed by atoms with Gasteiger partial charge in [0.25, 0.3) is 0 Å². The summed E-state index contributed by atoms with van der Waals surface area (Å²) >= 11 is 1.81. The highest BCUT2D eigenvalue weighted by Gasteiger charge is 2.35. The average molecular weight is 264 g/mol. The molecule has 1 saturated carbocycles. The molecule has 1 aromatic rings. The fraction of sp³-hybridized carbons (Fsp3) is 0.643. The number of fused-ring (bicyclic) bond motifs is 1. The van der Waals surface area contributed by atoms with Gasteiger partial charge >= 0.3 is 0 Å². The van der Waals surface area contributed by atoms with Gasteiger partial charge in [0.15, 0.2) is 0 Å². The number of hydrogen-bond donors (Lipinski definition) is 2. The number of amides is 1. The zero-order valence-electron chi connectivity index (χ0n) is 10.6. The highest BCUT2D eigenvalue weighted by atomic mass is 32.1. The standard InChI is InChI=1S/C14H20N2OS/c15-14(6-2-7-14)9-13(17)16-11-3-1-4-12-10(11)5-8-18-12/h5,8,11H,1-4,6-7,9,15H2,(H,16,17). The Morgan fingerprint density at radius 3 is 3.06 bits per heavy atom. The monoisotopic (exact) mass is 264 g/mol. The smallest absolute Gasteiger partial charge is 0.222 e. The van der Waals surface area contributed by atoms with Crippen LogP contribution in [0.3, 0.4) is 0 Å². The first-order valence-corrected chi connectivity index (χ1v) is 7.69. The van der Waals surface area contributed by atoms with Gasteiger partial charge in [-0.3, -0.25) is 4.79 Å². The van der Waals surface area contributed by atoms with E-state index in [2.05, 4.69) is 16.8 Å². The number of nitrogens with two attached hydrogens (primary N) is 1. The first-order chi connectivity index (χ1) is 8.66. The lowest BCUT2D eigenvalue weighted by Gasteiger charge is -2.38. The van der Waals surface area contributed by atoms with E-state index in [0.29, 0.717) is 6.42 Å². The van der Waals surface area contributed by atoms with E-state index in [9.17, 15) is 4.79 Å². The lowest BCUT2D eigenvalue weighted by Crippen LogP contribution is -2.50. The Kier molecular flexibility index (Phi) is 3.16. The number of thiophene rings is 1. The molecule has 2 aliphatic rings. The van der Waals surface area contributed by atoms with Gasteiger partial charge in [0.05, 0.1) is 6.04 Å². The van der Waals surface area contributed by atoms with Crippen LogP contribution in [0.5, 0.6) is 0 Å². The van der Waals surface area contributed by atoms with Gasteiger partial charge in [-0.1, -0.05) is 0 Å². The highest BCUT2D eigenvalue weighted by molar-refractivity contribution is 7.10. The first kappa shape index (κ1) is 12.2. The minimum absolute atomic E-state index is 0.126. The molecule has 0 aliphatic heterocycles. The van der Waals surface area contributed by atoms with Gasteiger partial charge in [-0.25, -0.2) is 0 Å². The molecule has 2 aliphatic carbocycles. The summed E-state index contributed by atoms with van der Waals surface area (Å²) in [4.78, 5) is 13.5. The van der Waals surface area contributed by atoms with Crippen molar-refractivity contribution in [3.8, 4) is 0 Å². The van der Waals surface area contributed by atoms with Gasteiger partial charge in [-0.05, 0) is 55.5 Å². The molecule has 1 heterocycles. The number of hydrogen-bond acceptors (Lipinski definition) is 3. The average Bonchev–Trinajstić information content (AvgIpc) is 2.76. The van der Waals surface area contributed by atoms with E-state index in [1.165, 1.54) is 29.7 Å². The zero-order chi connectivity index (χ0) is 12.6. The maximum Gasteiger partial charge on any atom is 0.222 e. The summed E-state index contributed by atoms with van der Waals surface area (Å²) in [6, 6.07) is 2.38. The molecule has 0 saturated heterocycles. The molecule has 3 nitrogen and oxygen atoms in total. The molecule has 1 fully saturated rings. The summed E-state index contributed by atoms with van der Waals surface area (Å²) in [5.41, 5.74) is 7.25. The van der Waals surface area contributed by atoms with Crippen LogP contribution >= 0.6 is 11.3 Å². The largest absolute Gasteiger partial charge is 0.349 e. The minimum atomic E-state index is -0.212. The molecule has 18 heavy (non-hydrogen) atoms. The lowest BCUT2D eigenvalue weighted by atomic mass is 9.75. The number of carbonyl (C=O) groups excluding carboxylic acids is 1. The van der Waals surface area contributed by atoms with Crippen LogP contribution in [-0.2, 0) is 11.2 Å². The van der Waals surface area contributed by atoms with E-state index in [1.54, 1.807) is 0 Å². The molecule has 1 aromatic heterocycles. The minimum Gasteiger partial charge on any atom is -0.349 e. The van der Waals surface area contributed by atoms with Crippen molar-refractivity contribution in [2.24, 2.45) is 5.73 Å². The molecule has 1 unspecified atom stereocenters. The van der Waals surface area contributed by atoms with E-state index >= 15 is 0 Å². The molecule has 0 aromatic carbocycles. The van der Waals surface area contributed by atoms with Crippen LogP contribution in [-0.4, -0.2) is 11.4 Å². The predicted molar refractivity (Wildman–Crippen MR) is 73.5 cm³/mol. The summed E-state index contributed by atoms with van der Waals surface area (Å²) in [6.07, 6.45) is 7.05. The molecule has 0 spiro atoms.